The van der Waals surface area contributed by atoms with Crippen molar-refractivity contribution in [2.45, 2.75) is 67.2 Å². The van der Waals surface area contributed by atoms with Crippen molar-refractivity contribution in [3.05, 3.63) is 93.0 Å². The number of carbonyl (C=O) groups excluding carboxylic acids is 3. The molecular weight excluding hydrogens is 444 g/mol. The van der Waals surface area contributed by atoms with Crippen molar-refractivity contribution < 1.29 is 14.4 Å². The molecular formula is C33H34O3. The number of hydrogen-bond acceptors (Lipinski definition) is 3. The summed E-state index contributed by atoms with van der Waals surface area (Å²) >= 11 is 0. The zero-order valence-electron chi connectivity index (χ0n) is 22.5. The fraction of sp³-hybridized carbons (Fsp3) is 0.303. The fourth-order valence-corrected chi connectivity index (χ4v) is 5.13. The van der Waals surface area contributed by atoms with Crippen LogP contribution in [0.15, 0.2) is 48.5 Å². The number of Topliss-reactive ketones (excluding diaryl/α,β-unsaturated/α-hetero) is 2. The number of aryl methyl sites for hydroxylation is 2. The van der Waals surface area contributed by atoms with Crippen molar-refractivity contribution in [1.29, 1.82) is 0 Å². The van der Waals surface area contributed by atoms with Gasteiger partial charge in [-0.1, -0.05) is 64.1 Å². The molecule has 0 amide bonds. The highest BCUT2D eigenvalue weighted by Gasteiger charge is 2.30. The van der Waals surface area contributed by atoms with E-state index in [1.54, 1.807) is 26.0 Å². The van der Waals surface area contributed by atoms with Crippen LogP contribution in [0.3, 0.4) is 0 Å². The van der Waals surface area contributed by atoms with E-state index < -0.39 is 0 Å². The van der Waals surface area contributed by atoms with E-state index in [0.29, 0.717) is 22.3 Å². The van der Waals surface area contributed by atoms with Crippen LogP contribution in [-0.4, -0.2) is 17.3 Å². The van der Waals surface area contributed by atoms with Gasteiger partial charge in [0.15, 0.2) is 17.3 Å². The molecule has 3 nitrogen and oxygen atoms in total. The van der Waals surface area contributed by atoms with Crippen LogP contribution in [0.4, 0.5) is 0 Å². The molecule has 4 aliphatic rings. The Morgan fingerprint density at radius 2 is 0.917 bits per heavy atom. The Bertz CT molecular complexity index is 1360. The van der Waals surface area contributed by atoms with Gasteiger partial charge in [-0.25, -0.2) is 0 Å². The molecule has 4 rings (SSSR count). The van der Waals surface area contributed by atoms with Crippen molar-refractivity contribution in [3.8, 4) is 22.3 Å². The van der Waals surface area contributed by atoms with E-state index in [2.05, 4.69) is 52.0 Å². The van der Waals surface area contributed by atoms with E-state index >= 15 is 0 Å². The van der Waals surface area contributed by atoms with Gasteiger partial charge in [-0.3, -0.25) is 14.4 Å². The van der Waals surface area contributed by atoms with Crippen molar-refractivity contribution in [1.82, 2.24) is 0 Å². The second-order valence-electron chi connectivity index (χ2n) is 10.6. The van der Waals surface area contributed by atoms with Crippen LogP contribution in [0.2, 0.25) is 0 Å². The largest absolute Gasteiger partial charge is 0.294 e. The highest BCUT2D eigenvalue weighted by molar-refractivity contribution is 6.22. The maximum atomic E-state index is 14.3. The first-order valence-corrected chi connectivity index (χ1v) is 12.6. The molecule has 0 aromatic heterocycles. The summed E-state index contributed by atoms with van der Waals surface area (Å²) in [5.41, 5.74) is 9.48. The first kappa shape index (κ1) is 25.5. The van der Waals surface area contributed by atoms with E-state index in [1.807, 2.05) is 26.0 Å². The summed E-state index contributed by atoms with van der Waals surface area (Å²) in [6, 6.07) is 15.8. The average molecular weight is 479 g/mol. The summed E-state index contributed by atoms with van der Waals surface area (Å²) in [4.78, 5) is 39.6. The van der Waals surface area contributed by atoms with Crippen LogP contribution in [0.25, 0.3) is 22.3 Å². The first-order valence-electron chi connectivity index (χ1n) is 12.6. The topological polar surface area (TPSA) is 51.2 Å². The number of ketones is 3. The summed E-state index contributed by atoms with van der Waals surface area (Å²) in [6.45, 7) is 15.5. The van der Waals surface area contributed by atoms with Gasteiger partial charge in [-0.2, -0.15) is 0 Å². The smallest absolute Gasteiger partial charge is 0.194 e. The Balaban J connectivity index is 2.07. The van der Waals surface area contributed by atoms with Crippen LogP contribution in [-0.2, 0) is 0 Å². The van der Waals surface area contributed by atoms with Gasteiger partial charge in [0.2, 0.25) is 0 Å². The van der Waals surface area contributed by atoms with Crippen LogP contribution in [0, 0.1) is 13.8 Å². The van der Waals surface area contributed by atoms with Crippen molar-refractivity contribution >= 4 is 17.3 Å². The second-order valence-corrected chi connectivity index (χ2v) is 10.6. The molecule has 0 atom stereocenters. The Morgan fingerprint density at radius 1 is 0.556 bits per heavy atom. The lowest BCUT2D eigenvalue weighted by atomic mass is 9.94. The van der Waals surface area contributed by atoms with E-state index in [-0.39, 0.29) is 29.2 Å². The molecule has 0 aromatic rings. The molecule has 0 saturated carbocycles. The van der Waals surface area contributed by atoms with E-state index in [0.717, 1.165) is 44.5 Å². The van der Waals surface area contributed by atoms with Crippen LogP contribution < -0.4 is 0 Å². The maximum absolute atomic E-state index is 14.3. The summed E-state index contributed by atoms with van der Waals surface area (Å²) in [6.07, 6.45) is 0. The molecule has 0 spiro atoms. The quantitative estimate of drug-likeness (QED) is 0.261. The molecule has 36 heavy (non-hydrogen) atoms. The lowest BCUT2D eigenvalue weighted by Gasteiger charge is -2.08. The van der Waals surface area contributed by atoms with Gasteiger partial charge in [0.1, 0.15) is 0 Å². The second kappa shape index (κ2) is 9.46. The van der Waals surface area contributed by atoms with E-state index in [4.69, 9.17) is 0 Å². The standard InChI is InChI=1S/C33H34O3/c1-17(2)23-11-9-19(5)31-25(21(7)34)15-29(27(31)13-23)33(36)30-16-26(22(8)35)32-20(6)10-12-24(18(3)4)14-28(30)32/h9-18H,1-8H3. The summed E-state index contributed by atoms with van der Waals surface area (Å²) in [5.74, 6) is 0.225. The summed E-state index contributed by atoms with van der Waals surface area (Å²) in [5, 5.41) is 0. The Kier molecular flexibility index (Phi) is 6.70. The van der Waals surface area contributed by atoms with Crippen LogP contribution in [0.5, 0.6) is 0 Å². The first-order chi connectivity index (χ1) is 16.9. The Morgan fingerprint density at radius 3 is 1.22 bits per heavy atom. The highest BCUT2D eigenvalue weighted by atomic mass is 16.1. The molecule has 0 unspecified atom stereocenters. The van der Waals surface area contributed by atoms with Crippen LogP contribution in [0.1, 0.15) is 112 Å². The van der Waals surface area contributed by atoms with Crippen molar-refractivity contribution in [2.24, 2.45) is 0 Å². The number of carbonyl (C=O) groups is 3. The van der Waals surface area contributed by atoms with Crippen molar-refractivity contribution in [3.63, 3.8) is 0 Å². The predicted octanol–water partition coefficient (Wildman–Crippen LogP) is 8.40. The minimum atomic E-state index is -0.161. The molecule has 0 saturated heterocycles. The SMILES string of the molecule is CC(=O)c1cc(C(=O)c2cc(C(C)=O)c3c(C)ccc(C(C)C)cc2-3)c2cc(C(C)C)ccc(C)c1-2. The third kappa shape index (κ3) is 4.28. The van der Waals surface area contributed by atoms with Gasteiger partial charge in [0, 0.05) is 22.3 Å². The minimum absolute atomic E-state index is 0.0689. The number of hydrogen-bond donors (Lipinski definition) is 0. The Labute approximate surface area is 214 Å². The summed E-state index contributed by atoms with van der Waals surface area (Å²) in [7, 11) is 0. The molecule has 0 fully saturated rings. The van der Waals surface area contributed by atoms with Gasteiger partial charge in [-0.15, -0.1) is 0 Å². The zero-order chi connectivity index (χ0) is 26.5. The normalized spacial score (nSPS) is 11.6. The lowest BCUT2D eigenvalue weighted by molar-refractivity contribution is 0.101. The predicted molar refractivity (Wildman–Crippen MR) is 147 cm³/mol. The van der Waals surface area contributed by atoms with Gasteiger partial charge in [0.25, 0.3) is 0 Å². The third-order valence-electron chi connectivity index (χ3n) is 7.28. The monoisotopic (exact) mass is 478 g/mol. The van der Waals surface area contributed by atoms with E-state index in [9.17, 15) is 14.4 Å². The number of fused-ring (bicyclic) bond motifs is 2. The minimum Gasteiger partial charge on any atom is -0.294 e. The van der Waals surface area contributed by atoms with Gasteiger partial charge < -0.3 is 0 Å². The highest BCUT2D eigenvalue weighted by Crippen LogP contribution is 2.42. The molecule has 0 aliphatic heterocycles. The molecule has 0 aromatic carbocycles. The molecule has 0 radical (unpaired) electrons. The molecule has 184 valence electrons. The molecule has 0 heterocycles. The fourth-order valence-electron chi connectivity index (χ4n) is 5.13. The zero-order valence-corrected chi connectivity index (χ0v) is 22.5. The van der Waals surface area contributed by atoms with Crippen molar-refractivity contribution in [2.75, 3.05) is 0 Å². The van der Waals surface area contributed by atoms with Gasteiger partial charge >= 0.3 is 0 Å². The lowest BCUT2D eigenvalue weighted by Crippen LogP contribution is -2.01. The molecule has 0 N–H and O–H groups in total. The van der Waals surface area contributed by atoms with Gasteiger partial charge in [-0.05, 0) is 96.2 Å². The molecule has 0 bridgehead atoms. The maximum Gasteiger partial charge on any atom is 0.194 e. The summed E-state index contributed by atoms with van der Waals surface area (Å²) < 4.78 is 0. The Hall–Kier alpha value is -3.59. The molecule has 4 aliphatic carbocycles. The van der Waals surface area contributed by atoms with Crippen LogP contribution >= 0.6 is 0 Å². The average Bonchev–Trinajstić information content (AvgIpc) is 3.26. The third-order valence-corrected chi connectivity index (χ3v) is 7.28. The number of rotatable bonds is 6. The van der Waals surface area contributed by atoms with E-state index in [1.165, 1.54) is 0 Å². The molecule has 3 heteroatoms. The van der Waals surface area contributed by atoms with Gasteiger partial charge in [0.05, 0.1) is 0 Å².